The summed E-state index contributed by atoms with van der Waals surface area (Å²) in [5.41, 5.74) is 0.511. The predicted octanol–water partition coefficient (Wildman–Crippen LogP) is 2.40. The first-order chi connectivity index (χ1) is 14.8. The van der Waals surface area contributed by atoms with Gasteiger partial charge in [0.15, 0.2) is 6.61 Å². The van der Waals surface area contributed by atoms with E-state index < -0.39 is 15.9 Å². The van der Waals surface area contributed by atoms with E-state index in [2.05, 4.69) is 15.5 Å². The zero-order valence-electron chi connectivity index (χ0n) is 17.2. The molecule has 0 spiro atoms. The molecule has 11 heteroatoms. The van der Waals surface area contributed by atoms with Crippen LogP contribution in [0.1, 0.15) is 6.92 Å². The van der Waals surface area contributed by atoms with Crippen LogP contribution in [0.2, 0.25) is 0 Å². The van der Waals surface area contributed by atoms with Crippen molar-refractivity contribution in [2.75, 3.05) is 32.6 Å². The number of nitrogens with zero attached hydrogens (tertiary/aromatic N) is 3. The Morgan fingerprint density at radius 3 is 2.19 bits per heavy atom. The van der Waals surface area contributed by atoms with E-state index in [1.54, 1.807) is 36.4 Å². The maximum atomic E-state index is 12.1. The summed E-state index contributed by atoms with van der Waals surface area (Å²) in [4.78, 5) is 12.2. The number of anilines is 1. The van der Waals surface area contributed by atoms with Crippen LogP contribution in [0.4, 0.5) is 6.01 Å². The number of aromatic nitrogens is 2. The Morgan fingerprint density at radius 1 is 1.00 bits per heavy atom. The lowest BCUT2D eigenvalue weighted by atomic mass is 10.2. The van der Waals surface area contributed by atoms with Crippen molar-refractivity contribution >= 4 is 21.9 Å². The Bertz CT molecular complexity index is 1130. The number of benzene rings is 2. The van der Waals surface area contributed by atoms with Crippen LogP contribution in [0, 0.1) is 0 Å². The van der Waals surface area contributed by atoms with Crippen molar-refractivity contribution in [1.82, 2.24) is 14.5 Å². The molecule has 164 valence electrons. The summed E-state index contributed by atoms with van der Waals surface area (Å²) in [6, 6.07) is 12.8. The number of sulfonamides is 1. The van der Waals surface area contributed by atoms with Crippen LogP contribution < -0.4 is 14.8 Å². The predicted molar refractivity (Wildman–Crippen MR) is 112 cm³/mol. The van der Waals surface area contributed by atoms with Gasteiger partial charge in [0, 0.05) is 19.7 Å². The third-order valence-corrected chi connectivity index (χ3v) is 5.89. The highest BCUT2D eigenvalue weighted by Crippen LogP contribution is 2.23. The molecule has 0 aliphatic rings. The van der Waals surface area contributed by atoms with Crippen molar-refractivity contribution in [3.8, 4) is 23.0 Å². The van der Waals surface area contributed by atoms with Crippen molar-refractivity contribution in [3.63, 3.8) is 0 Å². The molecule has 10 nitrogen and oxygen atoms in total. The second-order valence-corrected chi connectivity index (χ2v) is 8.62. The number of amides is 1. The molecule has 31 heavy (non-hydrogen) atoms. The SMILES string of the molecule is CCOc1ccc(OCC(=O)Nc2nnc(-c3ccc(S(=O)(=O)N(C)C)cc3)o2)cc1. The topological polar surface area (TPSA) is 124 Å². The van der Waals surface area contributed by atoms with E-state index in [0.29, 0.717) is 23.7 Å². The Labute approximate surface area is 179 Å². The number of carbonyl (C=O) groups excluding carboxylic acids is 1. The minimum atomic E-state index is -3.53. The fourth-order valence-corrected chi connectivity index (χ4v) is 3.38. The monoisotopic (exact) mass is 446 g/mol. The first-order valence-electron chi connectivity index (χ1n) is 9.31. The van der Waals surface area contributed by atoms with Crippen molar-refractivity contribution in [2.24, 2.45) is 0 Å². The van der Waals surface area contributed by atoms with Gasteiger partial charge in [-0.05, 0) is 55.5 Å². The molecule has 0 radical (unpaired) electrons. The molecule has 1 heterocycles. The number of rotatable bonds is 9. The zero-order valence-corrected chi connectivity index (χ0v) is 18.0. The van der Waals surface area contributed by atoms with E-state index in [1.165, 1.54) is 26.2 Å². The Kier molecular flexibility index (Phi) is 6.88. The molecule has 1 aromatic heterocycles. The molecule has 0 unspecified atom stereocenters. The molecule has 1 N–H and O–H groups in total. The summed E-state index contributed by atoms with van der Waals surface area (Å²) in [6.07, 6.45) is 0. The molecule has 0 atom stereocenters. The van der Waals surface area contributed by atoms with Gasteiger partial charge in [-0.25, -0.2) is 12.7 Å². The second-order valence-electron chi connectivity index (χ2n) is 6.47. The van der Waals surface area contributed by atoms with E-state index in [1.807, 2.05) is 6.92 Å². The highest BCUT2D eigenvalue weighted by atomic mass is 32.2. The third-order valence-electron chi connectivity index (χ3n) is 4.06. The van der Waals surface area contributed by atoms with Gasteiger partial charge in [-0.3, -0.25) is 10.1 Å². The second kappa shape index (κ2) is 9.58. The van der Waals surface area contributed by atoms with Crippen molar-refractivity contribution < 1.29 is 27.1 Å². The number of nitrogens with one attached hydrogen (secondary N) is 1. The standard InChI is InChI=1S/C20H22N4O6S/c1-4-28-15-7-9-16(10-8-15)29-13-18(25)21-20-23-22-19(30-20)14-5-11-17(12-6-14)31(26,27)24(2)3/h5-12H,4,13H2,1-3H3,(H,21,23,25). The largest absolute Gasteiger partial charge is 0.494 e. The molecule has 0 saturated carbocycles. The smallest absolute Gasteiger partial charge is 0.322 e. The van der Waals surface area contributed by atoms with Gasteiger partial charge in [0.25, 0.3) is 5.91 Å². The van der Waals surface area contributed by atoms with Gasteiger partial charge < -0.3 is 13.9 Å². The van der Waals surface area contributed by atoms with Crippen molar-refractivity contribution in [1.29, 1.82) is 0 Å². The number of ether oxygens (including phenoxy) is 2. The van der Waals surface area contributed by atoms with Crippen LogP contribution in [0.25, 0.3) is 11.5 Å². The number of carbonyl (C=O) groups is 1. The van der Waals surface area contributed by atoms with Crippen LogP contribution in [-0.4, -0.2) is 56.1 Å². The van der Waals surface area contributed by atoms with Gasteiger partial charge in [0.05, 0.1) is 11.5 Å². The molecule has 0 aliphatic carbocycles. The third kappa shape index (κ3) is 5.58. The lowest BCUT2D eigenvalue weighted by molar-refractivity contribution is -0.118. The van der Waals surface area contributed by atoms with E-state index in [9.17, 15) is 13.2 Å². The molecule has 3 aromatic rings. The molecule has 0 saturated heterocycles. The fourth-order valence-electron chi connectivity index (χ4n) is 2.47. The first kappa shape index (κ1) is 22.2. The van der Waals surface area contributed by atoms with Gasteiger partial charge in [-0.15, -0.1) is 5.10 Å². The Hall–Kier alpha value is -3.44. The summed E-state index contributed by atoms with van der Waals surface area (Å²) in [6.45, 7) is 2.21. The van der Waals surface area contributed by atoms with Crippen LogP contribution in [-0.2, 0) is 14.8 Å². The minimum Gasteiger partial charge on any atom is -0.494 e. The number of hydrogen-bond acceptors (Lipinski definition) is 8. The van der Waals surface area contributed by atoms with Gasteiger partial charge in [0.2, 0.25) is 15.9 Å². The summed E-state index contributed by atoms with van der Waals surface area (Å²) < 4.78 is 41.5. The quantitative estimate of drug-likeness (QED) is 0.531. The Balaban J connectivity index is 1.57. The van der Waals surface area contributed by atoms with Crippen molar-refractivity contribution in [2.45, 2.75) is 11.8 Å². The normalized spacial score (nSPS) is 11.4. The van der Waals surface area contributed by atoms with Crippen LogP contribution in [0.5, 0.6) is 11.5 Å². The van der Waals surface area contributed by atoms with E-state index >= 15 is 0 Å². The Morgan fingerprint density at radius 2 is 1.61 bits per heavy atom. The summed E-state index contributed by atoms with van der Waals surface area (Å²) in [7, 11) is -0.624. The van der Waals surface area contributed by atoms with Crippen LogP contribution >= 0.6 is 0 Å². The molecular weight excluding hydrogens is 424 g/mol. The maximum Gasteiger partial charge on any atom is 0.322 e. The summed E-state index contributed by atoms with van der Waals surface area (Å²) >= 11 is 0. The van der Waals surface area contributed by atoms with Crippen LogP contribution in [0.3, 0.4) is 0 Å². The molecule has 2 aromatic carbocycles. The lowest BCUT2D eigenvalue weighted by Gasteiger charge is -2.11. The molecule has 0 bridgehead atoms. The zero-order chi connectivity index (χ0) is 22.4. The average Bonchev–Trinajstić information content (AvgIpc) is 3.22. The molecular formula is C20H22N4O6S. The van der Waals surface area contributed by atoms with Gasteiger partial charge >= 0.3 is 6.01 Å². The number of hydrogen-bond donors (Lipinski definition) is 1. The summed E-state index contributed by atoms with van der Waals surface area (Å²) in [5, 5.41) is 10.1. The van der Waals surface area contributed by atoms with Crippen molar-refractivity contribution in [3.05, 3.63) is 48.5 Å². The first-order valence-corrected chi connectivity index (χ1v) is 10.8. The molecule has 3 rings (SSSR count). The maximum absolute atomic E-state index is 12.1. The highest BCUT2D eigenvalue weighted by Gasteiger charge is 2.18. The lowest BCUT2D eigenvalue weighted by Crippen LogP contribution is -2.22. The minimum absolute atomic E-state index is 0.0970. The van der Waals surface area contributed by atoms with E-state index in [0.717, 1.165) is 4.31 Å². The van der Waals surface area contributed by atoms with Crippen LogP contribution in [0.15, 0.2) is 57.8 Å². The average molecular weight is 446 g/mol. The fraction of sp³-hybridized carbons (Fsp3) is 0.250. The van der Waals surface area contributed by atoms with E-state index in [4.69, 9.17) is 13.9 Å². The van der Waals surface area contributed by atoms with E-state index in [-0.39, 0.29) is 23.4 Å². The molecule has 1 amide bonds. The highest BCUT2D eigenvalue weighted by molar-refractivity contribution is 7.89. The van der Waals surface area contributed by atoms with Gasteiger partial charge in [-0.1, -0.05) is 5.10 Å². The van der Waals surface area contributed by atoms with Gasteiger partial charge in [-0.2, -0.15) is 0 Å². The molecule has 0 aliphatic heterocycles. The molecule has 0 fully saturated rings. The summed E-state index contributed by atoms with van der Waals surface area (Å²) in [5.74, 6) is 0.885. The van der Waals surface area contributed by atoms with Gasteiger partial charge in [0.1, 0.15) is 11.5 Å².